The fourth-order valence-electron chi connectivity index (χ4n) is 3.49. The summed E-state index contributed by atoms with van der Waals surface area (Å²) in [6.07, 6.45) is 1.25. The fourth-order valence-corrected chi connectivity index (χ4v) is 3.70. The van der Waals surface area contributed by atoms with Crippen LogP contribution in [0.1, 0.15) is 10.4 Å². The van der Waals surface area contributed by atoms with E-state index in [1.807, 2.05) is 42.5 Å². The van der Waals surface area contributed by atoms with Crippen LogP contribution in [0.5, 0.6) is 17.2 Å². The van der Waals surface area contributed by atoms with Crippen LogP contribution in [0, 0.1) is 0 Å². The van der Waals surface area contributed by atoms with Crippen LogP contribution in [0.4, 0.5) is 0 Å². The molecule has 0 unspecified atom stereocenters. The number of esters is 1. The van der Waals surface area contributed by atoms with Gasteiger partial charge in [0, 0.05) is 6.07 Å². The molecule has 1 heterocycles. The highest BCUT2D eigenvalue weighted by Crippen LogP contribution is 2.27. The molecule has 0 aliphatic heterocycles. The first-order valence-electron chi connectivity index (χ1n) is 10.4. The van der Waals surface area contributed by atoms with Crippen LogP contribution in [0.15, 0.2) is 113 Å². The van der Waals surface area contributed by atoms with Crippen molar-refractivity contribution in [1.82, 2.24) is 0 Å². The molecule has 4 aromatic carbocycles. The third kappa shape index (κ3) is 4.42. The van der Waals surface area contributed by atoms with Crippen molar-refractivity contribution in [3.8, 4) is 28.4 Å². The van der Waals surface area contributed by atoms with Gasteiger partial charge in [0.25, 0.3) is 0 Å². The predicted molar refractivity (Wildman–Crippen MR) is 131 cm³/mol. The molecule has 0 fully saturated rings. The predicted octanol–water partition coefficient (Wildman–Crippen LogP) is 7.12. The summed E-state index contributed by atoms with van der Waals surface area (Å²) in [5.74, 6) is 0.189. The number of rotatable bonds is 5. The molecule has 0 radical (unpaired) electrons. The molecule has 0 saturated carbocycles. The van der Waals surface area contributed by atoms with Crippen molar-refractivity contribution in [2.24, 2.45) is 0 Å². The first kappa shape index (κ1) is 21.5. The highest BCUT2D eigenvalue weighted by atomic mass is 35.5. The minimum atomic E-state index is -0.605. The van der Waals surface area contributed by atoms with Crippen molar-refractivity contribution < 1.29 is 18.7 Å². The molecule has 0 aliphatic carbocycles. The highest BCUT2D eigenvalue weighted by molar-refractivity contribution is 6.33. The Kier molecular flexibility index (Phi) is 5.85. The molecule has 0 bridgehead atoms. The molecule has 34 heavy (non-hydrogen) atoms. The fraction of sp³-hybridized carbons (Fsp3) is 0. The van der Waals surface area contributed by atoms with Crippen LogP contribution in [0.2, 0.25) is 5.02 Å². The van der Waals surface area contributed by atoms with Gasteiger partial charge in [0.2, 0.25) is 11.2 Å². The normalized spacial score (nSPS) is 10.7. The van der Waals surface area contributed by atoms with E-state index < -0.39 is 5.97 Å². The molecule has 1 aromatic heterocycles. The van der Waals surface area contributed by atoms with Crippen molar-refractivity contribution in [2.75, 3.05) is 0 Å². The average molecular weight is 469 g/mol. The number of fused-ring (bicyclic) bond motifs is 1. The number of hydrogen-bond acceptors (Lipinski definition) is 5. The van der Waals surface area contributed by atoms with Gasteiger partial charge in [-0.25, -0.2) is 4.79 Å². The van der Waals surface area contributed by atoms with Crippen molar-refractivity contribution in [2.45, 2.75) is 0 Å². The van der Waals surface area contributed by atoms with E-state index in [4.69, 9.17) is 25.5 Å². The lowest BCUT2D eigenvalue weighted by atomic mass is 10.1. The molecule has 0 atom stereocenters. The summed E-state index contributed by atoms with van der Waals surface area (Å²) in [5, 5.41) is 0.592. The van der Waals surface area contributed by atoms with E-state index in [2.05, 4.69) is 0 Å². The molecule has 6 heteroatoms. The van der Waals surface area contributed by atoms with Crippen molar-refractivity contribution in [3.63, 3.8) is 0 Å². The van der Waals surface area contributed by atoms with Crippen molar-refractivity contribution in [1.29, 1.82) is 0 Å². The molecule has 166 valence electrons. The van der Waals surface area contributed by atoms with Crippen LogP contribution < -0.4 is 14.9 Å². The lowest BCUT2D eigenvalue weighted by molar-refractivity contribution is 0.0735. The van der Waals surface area contributed by atoms with Gasteiger partial charge in [-0.1, -0.05) is 66.2 Å². The van der Waals surface area contributed by atoms with E-state index >= 15 is 0 Å². The summed E-state index contributed by atoms with van der Waals surface area (Å²) in [4.78, 5) is 25.3. The lowest BCUT2D eigenvalue weighted by Crippen LogP contribution is -2.09. The van der Waals surface area contributed by atoms with Gasteiger partial charge in [-0.05, 0) is 47.5 Å². The molecular weight excluding hydrogens is 452 g/mol. The molecular formula is C28H17ClO5. The van der Waals surface area contributed by atoms with E-state index in [-0.39, 0.29) is 28.1 Å². The van der Waals surface area contributed by atoms with Crippen LogP contribution in [0.25, 0.3) is 22.1 Å². The second kappa shape index (κ2) is 9.25. The van der Waals surface area contributed by atoms with Gasteiger partial charge in [-0.3, -0.25) is 4.79 Å². The Morgan fingerprint density at radius 3 is 2.21 bits per heavy atom. The monoisotopic (exact) mass is 468 g/mol. The summed E-state index contributed by atoms with van der Waals surface area (Å²) >= 11 is 6.05. The minimum absolute atomic E-state index is 0.0563. The standard InChI is InChI=1S/C28H17ClO5/c29-24-9-5-4-8-22(24)28(31)34-21-14-15-23-25(16-21)32-17-26(27(23)30)33-20-12-10-19(11-13-20)18-6-2-1-3-7-18/h1-17H. The molecule has 0 N–H and O–H groups in total. The topological polar surface area (TPSA) is 65.7 Å². The summed E-state index contributed by atoms with van der Waals surface area (Å²) in [6.45, 7) is 0. The zero-order valence-electron chi connectivity index (χ0n) is 17.7. The summed E-state index contributed by atoms with van der Waals surface area (Å²) in [6, 6.07) is 28.5. The maximum atomic E-state index is 12.9. The number of hydrogen-bond donors (Lipinski definition) is 0. The molecule has 0 amide bonds. The summed E-state index contributed by atoms with van der Waals surface area (Å²) in [5.41, 5.74) is 2.30. The summed E-state index contributed by atoms with van der Waals surface area (Å²) in [7, 11) is 0. The number of benzene rings is 4. The van der Waals surface area contributed by atoms with E-state index in [9.17, 15) is 9.59 Å². The largest absolute Gasteiger partial charge is 0.460 e. The Morgan fingerprint density at radius 2 is 1.44 bits per heavy atom. The molecule has 5 rings (SSSR count). The van der Waals surface area contributed by atoms with Gasteiger partial charge in [0.1, 0.15) is 23.3 Å². The Labute approximate surface area is 199 Å². The van der Waals surface area contributed by atoms with E-state index in [1.165, 1.54) is 24.5 Å². The second-order valence-corrected chi connectivity index (χ2v) is 7.86. The zero-order valence-corrected chi connectivity index (χ0v) is 18.5. The highest BCUT2D eigenvalue weighted by Gasteiger charge is 2.15. The van der Waals surface area contributed by atoms with Crippen LogP contribution in [-0.2, 0) is 0 Å². The summed E-state index contributed by atoms with van der Waals surface area (Å²) < 4.78 is 16.8. The number of carbonyl (C=O) groups is 1. The quantitative estimate of drug-likeness (QED) is 0.203. The number of carbonyl (C=O) groups excluding carboxylic acids is 1. The third-order valence-electron chi connectivity index (χ3n) is 5.21. The first-order valence-corrected chi connectivity index (χ1v) is 10.8. The molecule has 0 spiro atoms. The van der Waals surface area contributed by atoms with Gasteiger partial charge >= 0.3 is 5.97 Å². The molecule has 0 saturated heterocycles. The van der Waals surface area contributed by atoms with E-state index in [0.717, 1.165) is 11.1 Å². The maximum Gasteiger partial charge on any atom is 0.345 e. The Hall–Kier alpha value is -4.35. The average Bonchev–Trinajstić information content (AvgIpc) is 2.87. The van der Waals surface area contributed by atoms with Crippen LogP contribution in [-0.4, -0.2) is 5.97 Å². The Bertz CT molecular complexity index is 1540. The Balaban J connectivity index is 1.36. The SMILES string of the molecule is O=C(Oc1ccc2c(=O)c(Oc3ccc(-c4ccccc4)cc3)coc2c1)c1ccccc1Cl. The number of halogens is 1. The van der Waals surface area contributed by atoms with Crippen molar-refractivity contribution in [3.05, 3.63) is 124 Å². The first-order chi connectivity index (χ1) is 16.6. The third-order valence-corrected chi connectivity index (χ3v) is 5.54. The van der Waals surface area contributed by atoms with Gasteiger partial charge in [-0.2, -0.15) is 0 Å². The molecule has 0 aliphatic rings. The minimum Gasteiger partial charge on any atom is -0.460 e. The smallest absolute Gasteiger partial charge is 0.345 e. The van der Waals surface area contributed by atoms with Gasteiger partial charge in [0.15, 0.2) is 0 Å². The Morgan fingerprint density at radius 1 is 0.765 bits per heavy atom. The van der Waals surface area contributed by atoms with E-state index in [1.54, 1.807) is 36.4 Å². The second-order valence-electron chi connectivity index (χ2n) is 7.45. The number of ether oxygens (including phenoxy) is 2. The van der Waals surface area contributed by atoms with E-state index in [0.29, 0.717) is 16.2 Å². The van der Waals surface area contributed by atoms with Crippen LogP contribution in [0.3, 0.4) is 0 Å². The molecule has 5 aromatic rings. The maximum absolute atomic E-state index is 12.9. The van der Waals surface area contributed by atoms with Crippen LogP contribution >= 0.6 is 11.6 Å². The lowest BCUT2D eigenvalue weighted by Gasteiger charge is -2.08. The van der Waals surface area contributed by atoms with Gasteiger partial charge in [-0.15, -0.1) is 0 Å². The van der Waals surface area contributed by atoms with Gasteiger partial charge in [0.05, 0.1) is 16.0 Å². The van der Waals surface area contributed by atoms with Crippen molar-refractivity contribution >= 4 is 28.5 Å². The molecule has 5 nitrogen and oxygen atoms in total. The zero-order chi connectivity index (χ0) is 23.5. The van der Waals surface area contributed by atoms with Gasteiger partial charge < -0.3 is 13.9 Å².